The number of carbonyl (C=O) groups is 2. The number of likely N-dealkylation sites (N-methyl/N-ethyl adjacent to an activating group) is 1. The van der Waals surface area contributed by atoms with Crippen LogP contribution < -0.4 is 10.1 Å². The largest absolute Gasteiger partial charge is 0.497 e. The minimum atomic E-state index is -0.489. The van der Waals surface area contributed by atoms with E-state index in [2.05, 4.69) is 10.2 Å². The Kier molecular flexibility index (Phi) is 6.53. The Labute approximate surface area is 182 Å². The van der Waals surface area contributed by atoms with E-state index in [1.165, 1.54) is 0 Å². The van der Waals surface area contributed by atoms with Crippen molar-refractivity contribution in [1.29, 1.82) is 0 Å². The standard InChI is InChI=1S/C24H29N3O4/c1-26-22(17-7-9-18(30-2)10-8-17)21(19-5-3-4-6-20(19)24(26)29)23(28)25-11-12-27-13-15-31-16-14-27/h3-10,21-22H,11-16H2,1-2H3,(H,25,28). The van der Waals surface area contributed by atoms with Crippen LogP contribution in [-0.4, -0.2) is 75.2 Å². The van der Waals surface area contributed by atoms with Crippen molar-refractivity contribution in [2.45, 2.75) is 12.0 Å². The van der Waals surface area contributed by atoms with E-state index in [-0.39, 0.29) is 11.8 Å². The molecule has 164 valence electrons. The normalized spacial score (nSPS) is 21.5. The molecule has 0 aromatic heterocycles. The first-order chi connectivity index (χ1) is 15.1. The number of rotatable bonds is 6. The number of benzene rings is 2. The number of nitrogens with zero attached hydrogens (tertiary/aromatic N) is 2. The summed E-state index contributed by atoms with van der Waals surface area (Å²) in [4.78, 5) is 30.5. The van der Waals surface area contributed by atoms with Gasteiger partial charge in [-0.15, -0.1) is 0 Å². The van der Waals surface area contributed by atoms with Crippen LogP contribution in [-0.2, 0) is 9.53 Å². The number of carbonyl (C=O) groups excluding carboxylic acids is 2. The summed E-state index contributed by atoms with van der Waals surface area (Å²) >= 11 is 0. The van der Waals surface area contributed by atoms with Crippen LogP contribution in [0.5, 0.6) is 5.75 Å². The van der Waals surface area contributed by atoms with E-state index in [9.17, 15) is 9.59 Å². The molecule has 1 saturated heterocycles. The lowest BCUT2D eigenvalue weighted by atomic mass is 9.79. The zero-order valence-electron chi connectivity index (χ0n) is 18.0. The number of amides is 2. The average molecular weight is 424 g/mol. The molecule has 0 saturated carbocycles. The van der Waals surface area contributed by atoms with Gasteiger partial charge in [0.1, 0.15) is 5.75 Å². The molecule has 2 aliphatic heterocycles. The first-order valence-corrected chi connectivity index (χ1v) is 10.7. The van der Waals surface area contributed by atoms with Gasteiger partial charge in [0.25, 0.3) is 5.91 Å². The molecule has 0 spiro atoms. The second-order valence-electron chi connectivity index (χ2n) is 7.94. The van der Waals surface area contributed by atoms with Gasteiger partial charge in [-0.1, -0.05) is 30.3 Å². The van der Waals surface area contributed by atoms with E-state index >= 15 is 0 Å². The van der Waals surface area contributed by atoms with E-state index < -0.39 is 12.0 Å². The number of methoxy groups -OCH3 is 1. The number of hydrogen-bond donors (Lipinski definition) is 1. The number of hydrogen-bond acceptors (Lipinski definition) is 5. The molecule has 7 heteroatoms. The summed E-state index contributed by atoms with van der Waals surface area (Å²) in [6.45, 7) is 4.57. The fraction of sp³-hybridized carbons (Fsp3) is 0.417. The van der Waals surface area contributed by atoms with Crippen LogP contribution in [0.4, 0.5) is 0 Å². The van der Waals surface area contributed by atoms with Gasteiger partial charge in [0.15, 0.2) is 0 Å². The van der Waals surface area contributed by atoms with Crippen LogP contribution in [0.3, 0.4) is 0 Å². The van der Waals surface area contributed by atoms with Crippen molar-refractivity contribution in [3.05, 3.63) is 65.2 Å². The quantitative estimate of drug-likeness (QED) is 0.770. The third-order valence-electron chi connectivity index (χ3n) is 6.15. The third-order valence-corrected chi connectivity index (χ3v) is 6.15. The minimum Gasteiger partial charge on any atom is -0.497 e. The van der Waals surface area contributed by atoms with Crippen molar-refractivity contribution >= 4 is 11.8 Å². The summed E-state index contributed by atoms with van der Waals surface area (Å²) in [5.74, 6) is 0.104. The third kappa shape index (κ3) is 4.43. The van der Waals surface area contributed by atoms with Crippen molar-refractivity contribution in [2.75, 3.05) is 53.6 Å². The van der Waals surface area contributed by atoms with E-state index in [0.29, 0.717) is 12.1 Å². The summed E-state index contributed by atoms with van der Waals surface area (Å²) in [5, 5.41) is 3.11. The summed E-state index contributed by atoms with van der Waals surface area (Å²) < 4.78 is 10.7. The molecule has 2 aromatic rings. The monoisotopic (exact) mass is 423 g/mol. The van der Waals surface area contributed by atoms with Gasteiger partial charge >= 0.3 is 0 Å². The van der Waals surface area contributed by atoms with Gasteiger partial charge in [-0.2, -0.15) is 0 Å². The van der Waals surface area contributed by atoms with Crippen molar-refractivity contribution in [2.24, 2.45) is 0 Å². The Bertz CT molecular complexity index is 925. The maximum absolute atomic E-state index is 13.4. The molecule has 31 heavy (non-hydrogen) atoms. The molecule has 2 aliphatic rings. The van der Waals surface area contributed by atoms with Gasteiger partial charge in [0.2, 0.25) is 5.91 Å². The molecule has 1 fully saturated rings. The molecular formula is C24H29N3O4. The van der Waals surface area contributed by atoms with Crippen molar-refractivity contribution in [1.82, 2.24) is 15.1 Å². The van der Waals surface area contributed by atoms with E-state index in [0.717, 1.165) is 49.7 Å². The highest BCUT2D eigenvalue weighted by Gasteiger charge is 2.42. The molecule has 7 nitrogen and oxygen atoms in total. The van der Waals surface area contributed by atoms with Crippen LogP contribution in [0.25, 0.3) is 0 Å². The molecule has 4 rings (SSSR count). The first kappa shape index (κ1) is 21.3. The van der Waals surface area contributed by atoms with Crippen LogP contribution >= 0.6 is 0 Å². The Morgan fingerprint density at radius 1 is 1.13 bits per heavy atom. The summed E-state index contributed by atoms with van der Waals surface area (Å²) in [6, 6.07) is 14.6. The molecular weight excluding hydrogens is 394 g/mol. The molecule has 1 N–H and O–H groups in total. The lowest BCUT2D eigenvalue weighted by Gasteiger charge is -2.40. The lowest BCUT2D eigenvalue weighted by Crippen LogP contribution is -2.47. The first-order valence-electron chi connectivity index (χ1n) is 10.7. The molecule has 2 atom stereocenters. The second kappa shape index (κ2) is 9.49. The second-order valence-corrected chi connectivity index (χ2v) is 7.94. The van der Waals surface area contributed by atoms with Gasteiger partial charge in [-0.3, -0.25) is 14.5 Å². The van der Waals surface area contributed by atoms with Crippen LogP contribution in [0.2, 0.25) is 0 Å². The molecule has 0 radical (unpaired) electrons. The van der Waals surface area contributed by atoms with Gasteiger partial charge in [0.05, 0.1) is 32.3 Å². The van der Waals surface area contributed by atoms with Crippen molar-refractivity contribution < 1.29 is 19.1 Å². The molecule has 2 aromatic carbocycles. The minimum absolute atomic E-state index is 0.0686. The zero-order valence-corrected chi connectivity index (χ0v) is 18.0. The predicted molar refractivity (Wildman–Crippen MR) is 117 cm³/mol. The molecule has 0 aliphatic carbocycles. The van der Waals surface area contributed by atoms with Crippen LogP contribution in [0.1, 0.15) is 33.4 Å². The highest BCUT2D eigenvalue weighted by Crippen LogP contribution is 2.42. The number of morpholine rings is 1. The smallest absolute Gasteiger partial charge is 0.254 e. The Balaban J connectivity index is 1.60. The summed E-state index contributed by atoms with van der Waals surface area (Å²) in [6.07, 6.45) is 0. The fourth-order valence-corrected chi connectivity index (χ4v) is 4.45. The van der Waals surface area contributed by atoms with Crippen LogP contribution in [0.15, 0.2) is 48.5 Å². The molecule has 2 heterocycles. The zero-order chi connectivity index (χ0) is 21.8. The summed E-state index contributed by atoms with van der Waals surface area (Å²) in [5.41, 5.74) is 2.26. The van der Waals surface area contributed by atoms with Crippen LogP contribution in [0, 0.1) is 0 Å². The highest BCUT2D eigenvalue weighted by molar-refractivity contribution is 6.01. The Morgan fingerprint density at radius 2 is 1.84 bits per heavy atom. The topological polar surface area (TPSA) is 71.1 Å². The Hall–Kier alpha value is -2.90. The summed E-state index contributed by atoms with van der Waals surface area (Å²) in [7, 11) is 3.38. The molecule has 0 bridgehead atoms. The van der Waals surface area contributed by atoms with Gasteiger partial charge in [0, 0.05) is 38.8 Å². The number of fused-ring (bicyclic) bond motifs is 1. The maximum Gasteiger partial charge on any atom is 0.254 e. The molecule has 2 unspecified atom stereocenters. The lowest BCUT2D eigenvalue weighted by molar-refractivity contribution is -0.124. The van der Waals surface area contributed by atoms with E-state index in [1.54, 1.807) is 25.1 Å². The average Bonchev–Trinajstić information content (AvgIpc) is 2.82. The fourth-order valence-electron chi connectivity index (χ4n) is 4.45. The van der Waals surface area contributed by atoms with Crippen molar-refractivity contribution in [3.63, 3.8) is 0 Å². The highest BCUT2D eigenvalue weighted by atomic mass is 16.5. The SMILES string of the molecule is COc1ccc(C2C(C(=O)NCCN3CCOCC3)c3ccccc3C(=O)N2C)cc1. The van der Waals surface area contributed by atoms with Gasteiger partial charge in [-0.05, 0) is 29.3 Å². The Morgan fingerprint density at radius 3 is 2.55 bits per heavy atom. The van der Waals surface area contributed by atoms with Gasteiger partial charge in [-0.25, -0.2) is 0 Å². The molecule has 2 amide bonds. The predicted octanol–water partition coefficient (Wildman–Crippen LogP) is 2.05. The number of ether oxygens (including phenoxy) is 2. The number of nitrogens with one attached hydrogen (secondary N) is 1. The maximum atomic E-state index is 13.4. The van der Waals surface area contributed by atoms with Gasteiger partial charge < -0.3 is 19.7 Å². The van der Waals surface area contributed by atoms with E-state index in [4.69, 9.17) is 9.47 Å². The van der Waals surface area contributed by atoms with Crippen molar-refractivity contribution in [3.8, 4) is 5.75 Å². The van der Waals surface area contributed by atoms with E-state index in [1.807, 2.05) is 42.5 Å².